The third-order valence-electron chi connectivity index (χ3n) is 5.58. The molecule has 0 spiro atoms. The molecule has 1 N–H and O–H groups in total. The van der Waals surface area contributed by atoms with E-state index in [1.165, 1.54) is 0 Å². The van der Waals surface area contributed by atoms with Crippen molar-refractivity contribution in [2.75, 3.05) is 5.75 Å². The molecule has 1 heterocycles. The molecule has 0 bridgehead atoms. The molecular formula is C26H24Cl2N2O3S. The van der Waals surface area contributed by atoms with Gasteiger partial charge in [0.15, 0.2) is 9.84 Å². The number of hydrogen-bond donors (Lipinski definition) is 1. The van der Waals surface area contributed by atoms with Crippen LogP contribution in [-0.2, 0) is 15.4 Å². The first-order chi connectivity index (χ1) is 16.0. The van der Waals surface area contributed by atoms with E-state index in [2.05, 4.69) is 4.98 Å². The highest BCUT2D eigenvalue weighted by atomic mass is 35.5. The second-order valence-corrected chi connectivity index (χ2v) is 11.5. The van der Waals surface area contributed by atoms with Crippen molar-refractivity contribution in [3.05, 3.63) is 88.7 Å². The Morgan fingerprint density at radius 3 is 2.29 bits per heavy atom. The van der Waals surface area contributed by atoms with Gasteiger partial charge < -0.3 is 5.11 Å². The maximum Gasteiger partial charge on any atom is 0.178 e. The molecule has 0 aliphatic carbocycles. The van der Waals surface area contributed by atoms with E-state index in [9.17, 15) is 13.5 Å². The summed E-state index contributed by atoms with van der Waals surface area (Å²) in [5.74, 6) is 0.599. The highest BCUT2D eigenvalue weighted by Crippen LogP contribution is 2.36. The molecule has 0 radical (unpaired) electrons. The fourth-order valence-corrected chi connectivity index (χ4v) is 4.90. The minimum atomic E-state index is -3.29. The Morgan fingerprint density at radius 2 is 1.65 bits per heavy atom. The number of halogens is 2. The quantitative estimate of drug-likeness (QED) is 0.317. The van der Waals surface area contributed by atoms with E-state index in [4.69, 9.17) is 23.2 Å². The molecule has 4 aromatic rings. The molecule has 0 amide bonds. The molecule has 176 valence electrons. The SMILES string of the molecule is CCS(=O)(=O)c1cccc(-c2ccc(-n3cc(C(C)(C)O)nc3-c3cccc(Cl)c3Cl)cc2)c1. The molecule has 1 aromatic heterocycles. The summed E-state index contributed by atoms with van der Waals surface area (Å²) in [5.41, 5.74) is 2.46. The minimum absolute atomic E-state index is 0.0500. The zero-order chi connectivity index (χ0) is 24.7. The molecule has 0 saturated heterocycles. The van der Waals surface area contributed by atoms with Gasteiger partial charge in [-0.2, -0.15) is 0 Å². The van der Waals surface area contributed by atoms with Gasteiger partial charge in [0.25, 0.3) is 0 Å². The Hall–Kier alpha value is -2.64. The Morgan fingerprint density at radius 1 is 0.971 bits per heavy atom. The molecule has 0 saturated carbocycles. The average Bonchev–Trinajstić information content (AvgIpc) is 3.27. The van der Waals surface area contributed by atoms with Crippen LogP contribution in [0.5, 0.6) is 0 Å². The summed E-state index contributed by atoms with van der Waals surface area (Å²) in [5, 5.41) is 11.4. The van der Waals surface area contributed by atoms with E-state index in [1.807, 2.05) is 41.0 Å². The van der Waals surface area contributed by atoms with Crippen molar-refractivity contribution in [1.29, 1.82) is 0 Å². The van der Waals surface area contributed by atoms with Crippen molar-refractivity contribution < 1.29 is 13.5 Å². The molecule has 3 aromatic carbocycles. The van der Waals surface area contributed by atoms with E-state index in [0.717, 1.165) is 16.8 Å². The van der Waals surface area contributed by atoms with Crippen molar-refractivity contribution >= 4 is 33.0 Å². The Balaban J connectivity index is 1.80. The van der Waals surface area contributed by atoms with Crippen LogP contribution in [0.1, 0.15) is 26.5 Å². The number of sulfone groups is 1. The largest absolute Gasteiger partial charge is 0.384 e. The van der Waals surface area contributed by atoms with Gasteiger partial charge in [-0.15, -0.1) is 0 Å². The molecule has 8 heteroatoms. The predicted molar refractivity (Wildman–Crippen MR) is 137 cm³/mol. The molecular weight excluding hydrogens is 491 g/mol. The zero-order valence-corrected chi connectivity index (χ0v) is 21.3. The zero-order valence-electron chi connectivity index (χ0n) is 19.0. The standard InChI is InChI=1S/C26H24Cl2N2O3S/c1-4-34(32,33)20-8-5-7-18(15-20)17-11-13-19(14-12-17)30-16-23(26(2,3)31)29-25(30)21-9-6-10-22(27)24(21)28/h5-16,31H,4H2,1-3H3. The molecule has 0 atom stereocenters. The Labute approximate surface area is 209 Å². The van der Waals surface area contributed by atoms with Gasteiger partial charge in [-0.25, -0.2) is 13.4 Å². The van der Waals surface area contributed by atoms with Crippen LogP contribution in [0.15, 0.2) is 77.8 Å². The van der Waals surface area contributed by atoms with Crippen LogP contribution in [0.4, 0.5) is 0 Å². The van der Waals surface area contributed by atoms with Crippen LogP contribution in [-0.4, -0.2) is 28.8 Å². The fraction of sp³-hybridized carbons (Fsp3) is 0.192. The normalized spacial score (nSPS) is 12.2. The molecule has 4 rings (SSSR count). The summed E-state index contributed by atoms with van der Waals surface area (Å²) >= 11 is 12.7. The lowest BCUT2D eigenvalue weighted by Crippen LogP contribution is -2.15. The van der Waals surface area contributed by atoms with Crippen LogP contribution in [0.2, 0.25) is 10.0 Å². The van der Waals surface area contributed by atoms with Gasteiger partial charge in [-0.05, 0) is 61.4 Å². The highest BCUT2D eigenvalue weighted by molar-refractivity contribution is 7.91. The first kappa shape index (κ1) is 24.5. The Kier molecular flexibility index (Phi) is 6.62. The van der Waals surface area contributed by atoms with E-state index in [1.54, 1.807) is 57.3 Å². The number of nitrogens with zero attached hydrogens (tertiary/aromatic N) is 2. The van der Waals surface area contributed by atoms with Crippen LogP contribution in [0.3, 0.4) is 0 Å². The number of hydrogen-bond acceptors (Lipinski definition) is 4. The van der Waals surface area contributed by atoms with Crippen LogP contribution >= 0.6 is 23.2 Å². The third kappa shape index (κ3) is 4.77. The second-order valence-electron chi connectivity index (χ2n) is 8.46. The molecule has 0 fully saturated rings. The van der Waals surface area contributed by atoms with Crippen LogP contribution in [0, 0.1) is 0 Å². The topological polar surface area (TPSA) is 72.2 Å². The molecule has 0 aliphatic rings. The fourth-order valence-electron chi connectivity index (χ4n) is 3.59. The van der Waals surface area contributed by atoms with Gasteiger partial charge in [0, 0.05) is 17.4 Å². The minimum Gasteiger partial charge on any atom is -0.384 e. The maximum absolute atomic E-state index is 12.3. The predicted octanol–water partition coefficient (Wildman–Crippen LogP) is 6.53. The van der Waals surface area contributed by atoms with Gasteiger partial charge in [0.05, 0.1) is 26.4 Å². The summed E-state index contributed by atoms with van der Waals surface area (Å²) in [6.07, 6.45) is 1.77. The van der Waals surface area contributed by atoms with Crippen LogP contribution in [0.25, 0.3) is 28.2 Å². The summed E-state index contributed by atoms with van der Waals surface area (Å²) in [6, 6.07) is 19.9. The lowest BCUT2D eigenvalue weighted by atomic mass is 10.1. The van der Waals surface area contributed by atoms with E-state index in [-0.39, 0.29) is 5.75 Å². The molecule has 34 heavy (non-hydrogen) atoms. The maximum atomic E-state index is 12.3. The summed E-state index contributed by atoms with van der Waals surface area (Å²) in [4.78, 5) is 4.97. The number of benzene rings is 3. The second kappa shape index (κ2) is 9.19. The lowest BCUT2D eigenvalue weighted by Gasteiger charge is -2.13. The number of aromatic nitrogens is 2. The smallest absolute Gasteiger partial charge is 0.178 e. The van der Waals surface area contributed by atoms with Gasteiger partial charge in [-0.3, -0.25) is 4.57 Å². The van der Waals surface area contributed by atoms with E-state index in [0.29, 0.717) is 32.0 Å². The van der Waals surface area contributed by atoms with Crippen molar-refractivity contribution in [3.8, 4) is 28.2 Å². The summed E-state index contributed by atoms with van der Waals surface area (Å²) in [7, 11) is -3.29. The van der Waals surface area contributed by atoms with Crippen molar-refractivity contribution in [3.63, 3.8) is 0 Å². The Bertz CT molecular complexity index is 1450. The summed E-state index contributed by atoms with van der Waals surface area (Å²) in [6.45, 7) is 4.97. The van der Waals surface area contributed by atoms with Gasteiger partial charge in [0.2, 0.25) is 0 Å². The number of aliphatic hydroxyl groups is 1. The van der Waals surface area contributed by atoms with Crippen molar-refractivity contribution in [2.45, 2.75) is 31.3 Å². The summed E-state index contributed by atoms with van der Waals surface area (Å²) < 4.78 is 26.4. The highest BCUT2D eigenvalue weighted by Gasteiger charge is 2.24. The van der Waals surface area contributed by atoms with Gasteiger partial charge >= 0.3 is 0 Å². The first-order valence-electron chi connectivity index (χ1n) is 10.7. The van der Waals surface area contributed by atoms with E-state index < -0.39 is 15.4 Å². The monoisotopic (exact) mass is 514 g/mol. The van der Waals surface area contributed by atoms with Gasteiger partial charge in [0.1, 0.15) is 11.4 Å². The first-order valence-corrected chi connectivity index (χ1v) is 13.1. The van der Waals surface area contributed by atoms with Crippen LogP contribution < -0.4 is 0 Å². The number of rotatable bonds is 6. The molecule has 0 unspecified atom stereocenters. The van der Waals surface area contributed by atoms with Gasteiger partial charge in [-0.1, -0.05) is 60.5 Å². The molecule has 0 aliphatic heterocycles. The third-order valence-corrected chi connectivity index (χ3v) is 8.13. The lowest BCUT2D eigenvalue weighted by molar-refractivity contribution is 0.0743. The van der Waals surface area contributed by atoms with Crippen molar-refractivity contribution in [2.24, 2.45) is 0 Å². The molecule has 5 nitrogen and oxygen atoms in total. The van der Waals surface area contributed by atoms with E-state index >= 15 is 0 Å². The number of imidazole rings is 1. The van der Waals surface area contributed by atoms with Crippen molar-refractivity contribution in [1.82, 2.24) is 9.55 Å². The average molecular weight is 515 g/mol.